The third kappa shape index (κ3) is 5.05. The maximum Gasteiger partial charge on any atom is 0.0449 e. The molecular formula is C15H27NSi. The molecule has 0 heterocycles. The Hall–Kier alpha value is -0.603. The molecule has 0 radical (unpaired) electrons. The maximum atomic E-state index is 3.52. The van der Waals surface area contributed by atoms with E-state index in [0.29, 0.717) is 5.92 Å². The quantitative estimate of drug-likeness (QED) is 0.751. The first-order valence-electron chi connectivity index (χ1n) is 6.70. The second kappa shape index (κ2) is 6.36. The number of likely N-dealkylation sites (N-methyl/N-ethyl adjacent to an activating group) is 1. The van der Waals surface area contributed by atoms with E-state index >= 15 is 0 Å². The first-order chi connectivity index (χ1) is 7.94. The molecule has 1 rings (SSSR count). The third-order valence-corrected chi connectivity index (χ3v) is 4.85. The van der Waals surface area contributed by atoms with Gasteiger partial charge in [-0.05, 0) is 36.6 Å². The summed E-state index contributed by atoms with van der Waals surface area (Å²) in [5, 5.41) is 3.52. The van der Waals surface area contributed by atoms with Crippen molar-refractivity contribution < 1.29 is 0 Å². The highest BCUT2D eigenvalue weighted by Crippen LogP contribution is 2.28. The summed E-state index contributed by atoms with van der Waals surface area (Å²) in [6, 6.07) is 10.2. The Morgan fingerprint density at radius 1 is 1.18 bits per heavy atom. The fraction of sp³-hybridized carbons (Fsp3) is 0.600. The predicted molar refractivity (Wildman–Crippen MR) is 80.6 cm³/mol. The van der Waals surface area contributed by atoms with Crippen LogP contribution in [0.5, 0.6) is 0 Å². The van der Waals surface area contributed by atoms with Gasteiger partial charge in [-0.15, -0.1) is 0 Å². The van der Waals surface area contributed by atoms with Crippen LogP contribution in [-0.4, -0.2) is 21.2 Å². The van der Waals surface area contributed by atoms with E-state index in [4.69, 9.17) is 0 Å². The molecule has 17 heavy (non-hydrogen) atoms. The van der Waals surface area contributed by atoms with Crippen LogP contribution in [0.3, 0.4) is 0 Å². The molecule has 96 valence electrons. The third-order valence-electron chi connectivity index (χ3n) is 3.13. The van der Waals surface area contributed by atoms with Crippen molar-refractivity contribution in [2.75, 3.05) is 13.1 Å². The summed E-state index contributed by atoms with van der Waals surface area (Å²) in [7, 11) is -1.02. The van der Waals surface area contributed by atoms with Gasteiger partial charge < -0.3 is 5.32 Å². The first-order valence-corrected chi connectivity index (χ1v) is 10.4. The number of nitrogens with one attached hydrogen (secondary N) is 1. The van der Waals surface area contributed by atoms with Gasteiger partial charge in [0.15, 0.2) is 0 Å². The molecule has 1 nitrogen and oxygen atoms in total. The average Bonchev–Trinajstić information content (AvgIpc) is 2.23. The van der Waals surface area contributed by atoms with E-state index in [1.165, 1.54) is 17.2 Å². The van der Waals surface area contributed by atoms with Gasteiger partial charge in [0, 0.05) is 14.6 Å². The van der Waals surface area contributed by atoms with Crippen molar-refractivity contribution in [3.05, 3.63) is 35.4 Å². The van der Waals surface area contributed by atoms with Crippen LogP contribution < -0.4 is 5.32 Å². The second-order valence-electron chi connectivity index (χ2n) is 6.13. The van der Waals surface area contributed by atoms with E-state index < -0.39 is 8.07 Å². The molecule has 1 aromatic carbocycles. The molecule has 1 atom stereocenters. The summed E-state index contributed by atoms with van der Waals surface area (Å²) in [4.78, 5) is 0. The monoisotopic (exact) mass is 249 g/mol. The zero-order valence-electron chi connectivity index (χ0n) is 12.0. The van der Waals surface area contributed by atoms with Gasteiger partial charge >= 0.3 is 0 Å². The largest absolute Gasteiger partial charge is 0.316 e. The molecule has 1 N–H and O–H groups in total. The molecule has 0 fully saturated rings. The Bertz CT molecular complexity index is 341. The van der Waals surface area contributed by atoms with Crippen molar-refractivity contribution >= 4 is 8.07 Å². The molecule has 0 aliphatic carbocycles. The lowest BCUT2D eigenvalue weighted by atomic mass is 9.96. The lowest BCUT2D eigenvalue weighted by molar-refractivity contribution is 0.627. The highest BCUT2D eigenvalue weighted by molar-refractivity contribution is 6.76. The minimum Gasteiger partial charge on any atom is -0.316 e. The Morgan fingerprint density at radius 2 is 1.82 bits per heavy atom. The molecule has 0 spiro atoms. The van der Waals surface area contributed by atoms with Gasteiger partial charge in [-0.3, -0.25) is 0 Å². The maximum absolute atomic E-state index is 3.52. The SMILES string of the molecule is CCNCC(C[Si](C)(C)C)c1ccccc1C. The normalized spacial score (nSPS) is 13.7. The topological polar surface area (TPSA) is 12.0 Å². The number of aryl methyl sites for hydroxylation is 1. The molecule has 0 aliphatic heterocycles. The second-order valence-corrected chi connectivity index (χ2v) is 11.7. The van der Waals surface area contributed by atoms with Crippen molar-refractivity contribution in [2.24, 2.45) is 0 Å². The molecular weight excluding hydrogens is 222 g/mol. The zero-order chi connectivity index (χ0) is 12.9. The van der Waals surface area contributed by atoms with Crippen LogP contribution in [0.4, 0.5) is 0 Å². The zero-order valence-corrected chi connectivity index (χ0v) is 13.0. The van der Waals surface area contributed by atoms with Gasteiger partial charge in [0.25, 0.3) is 0 Å². The van der Waals surface area contributed by atoms with Crippen LogP contribution in [0.2, 0.25) is 25.7 Å². The molecule has 1 unspecified atom stereocenters. The summed E-state index contributed by atoms with van der Waals surface area (Å²) >= 11 is 0. The summed E-state index contributed by atoms with van der Waals surface area (Å²) in [6.45, 7) is 14.0. The smallest absolute Gasteiger partial charge is 0.0449 e. The standard InChI is InChI=1S/C15H27NSi/c1-6-16-11-14(12-17(3,4)5)15-10-8-7-9-13(15)2/h7-10,14,16H,6,11-12H2,1-5H3. The predicted octanol–water partition coefficient (Wildman–Crippen LogP) is 4.03. The van der Waals surface area contributed by atoms with Gasteiger partial charge in [-0.1, -0.05) is 50.8 Å². The van der Waals surface area contributed by atoms with Crippen LogP contribution in [-0.2, 0) is 0 Å². The number of hydrogen-bond donors (Lipinski definition) is 1. The van der Waals surface area contributed by atoms with E-state index in [1.807, 2.05) is 0 Å². The van der Waals surface area contributed by atoms with Crippen LogP contribution in [0, 0.1) is 6.92 Å². The van der Waals surface area contributed by atoms with Gasteiger partial charge in [-0.2, -0.15) is 0 Å². The first kappa shape index (κ1) is 14.5. The lowest BCUT2D eigenvalue weighted by Gasteiger charge is -2.26. The van der Waals surface area contributed by atoms with Crippen molar-refractivity contribution in [1.29, 1.82) is 0 Å². The van der Waals surface area contributed by atoms with Crippen LogP contribution >= 0.6 is 0 Å². The fourth-order valence-electron chi connectivity index (χ4n) is 2.39. The Balaban J connectivity index is 2.86. The Morgan fingerprint density at radius 3 is 2.35 bits per heavy atom. The number of rotatable bonds is 6. The van der Waals surface area contributed by atoms with E-state index in [9.17, 15) is 0 Å². The number of hydrogen-bond acceptors (Lipinski definition) is 1. The van der Waals surface area contributed by atoms with Crippen molar-refractivity contribution in [1.82, 2.24) is 5.32 Å². The molecule has 0 saturated carbocycles. The molecule has 0 saturated heterocycles. The van der Waals surface area contributed by atoms with Crippen LogP contribution in [0.1, 0.15) is 24.0 Å². The average molecular weight is 249 g/mol. The summed E-state index contributed by atoms with van der Waals surface area (Å²) in [5.74, 6) is 0.683. The van der Waals surface area contributed by atoms with Gasteiger partial charge in [-0.25, -0.2) is 0 Å². The Labute approximate surface area is 108 Å². The minimum atomic E-state index is -1.02. The van der Waals surface area contributed by atoms with Crippen molar-refractivity contribution in [2.45, 2.75) is 45.5 Å². The summed E-state index contributed by atoms with van der Waals surface area (Å²) in [5.41, 5.74) is 2.98. The molecule has 0 amide bonds. The summed E-state index contributed by atoms with van der Waals surface area (Å²) < 4.78 is 0. The highest BCUT2D eigenvalue weighted by Gasteiger charge is 2.22. The van der Waals surface area contributed by atoms with Gasteiger partial charge in [0.05, 0.1) is 0 Å². The van der Waals surface area contributed by atoms with Gasteiger partial charge in [0.1, 0.15) is 0 Å². The minimum absolute atomic E-state index is 0.683. The van der Waals surface area contributed by atoms with Crippen molar-refractivity contribution in [3.8, 4) is 0 Å². The molecule has 0 aliphatic rings. The molecule has 2 heteroatoms. The Kier molecular flexibility index (Phi) is 5.41. The molecule has 0 bridgehead atoms. The molecule has 1 aromatic rings. The van der Waals surface area contributed by atoms with E-state index in [2.05, 4.69) is 63.1 Å². The molecule has 0 aromatic heterocycles. The van der Waals surface area contributed by atoms with E-state index in [-0.39, 0.29) is 0 Å². The number of benzene rings is 1. The van der Waals surface area contributed by atoms with E-state index in [1.54, 1.807) is 0 Å². The van der Waals surface area contributed by atoms with Crippen LogP contribution in [0.15, 0.2) is 24.3 Å². The lowest BCUT2D eigenvalue weighted by Crippen LogP contribution is -2.29. The fourth-order valence-corrected chi connectivity index (χ4v) is 4.24. The van der Waals surface area contributed by atoms with Crippen LogP contribution in [0.25, 0.3) is 0 Å². The van der Waals surface area contributed by atoms with Crippen molar-refractivity contribution in [3.63, 3.8) is 0 Å². The highest BCUT2D eigenvalue weighted by atomic mass is 28.3. The van der Waals surface area contributed by atoms with Gasteiger partial charge in [0.2, 0.25) is 0 Å². The summed E-state index contributed by atoms with van der Waals surface area (Å²) in [6.07, 6.45) is 0. The van der Waals surface area contributed by atoms with E-state index in [0.717, 1.165) is 13.1 Å².